The summed E-state index contributed by atoms with van der Waals surface area (Å²) in [5.74, 6) is 0.701. The number of halogens is 1. The zero-order valence-electron chi connectivity index (χ0n) is 21.0. The molecule has 2 aromatic rings. The molecule has 194 valence electrons. The number of benzene rings is 1. The summed E-state index contributed by atoms with van der Waals surface area (Å²) in [6.07, 6.45) is 4.19. The van der Waals surface area contributed by atoms with E-state index < -0.39 is 6.10 Å². The molecule has 1 aromatic heterocycles. The second kappa shape index (κ2) is 9.10. The third kappa shape index (κ3) is 4.17. The summed E-state index contributed by atoms with van der Waals surface area (Å²) >= 11 is 6.75. The molecule has 0 unspecified atom stereocenters. The molecule has 0 radical (unpaired) electrons. The summed E-state index contributed by atoms with van der Waals surface area (Å²) in [6, 6.07) is 6.22. The minimum Gasteiger partial charge on any atom is -0.389 e. The smallest absolute Gasteiger partial charge is 0.229 e. The molecule has 1 aliphatic carbocycles. The van der Waals surface area contributed by atoms with Gasteiger partial charge in [-0.05, 0) is 62.1 Å². The predicted octanol–water partition coefficient (Wildman–Crippen LogP) is 3.30. The van der Waals surface area contributed by atoms with E-state index in [0.717, 1.165) is 68.6 Å². The van der Waals surface area contributed by atoms with Gasteiger partial charge in [-0.2, -0.15) is 0 Å². The zero-order chi connectivity index (χ0) is 25.1. The van der Waals surface area contributed by atoms with Gasteiger partial charge in [0.2, 0.25) is 5.91 Å². The van der Waals surface area contributed by atoms with E-state index in [-0.39, 0.29) is 28.8 Å². The molecule has 8 nitrogen and oxygen atoms in total. The fourth-order valence-corrected chi connectivity index (χ4v) is 6.72. The fraction of sp³-hybridized carbons (Fsp3) is 0.630. The molecule has 4 aliphatic rings. The maximum atomic E-state index is 12.9. The van der Waals surface area contributed by atoms with Gasteiger partial charge in [0.15, 0.2) is 0 Å². The van der Waals surface area contributed by atoms with Crippen molar-refractivity contribution in [3.63, 3.8) is 0 Å². The van der Waals surface area contributed by atoms with Crippen LogP contribution in [0.15, 0.2) is 24.4 Å². The molecule has 2 N–H and O–H groups in total. The Morgan fingerprint density at radius 3 is 2.72 bits per heavy atom. The van der Waals surface area contributed by atoms with E-state index in [1.807, 2.05) is 12.1 Å². The van der Waals surface area contributed by atoms with Gasteiger partial charge in [0, 0.05) is 56.4 Å². The van der Waals surface area contributed by atoms with Gasteiger partial charge in [-0.15, -0.1) is 0 Å². The number of carbonyl (C=O) groups excluding carboxylic acids is 1. The zero-order valence-corrected chi connectivity index (χ0v) is 21.8. The molecule has 1 aromatic carbocycles. The fourth-order valence-electron chi connectivity index (χ4n) is 6.44. The molecule has 3 aliphatic heterocycles. The van der Waals surface area contributed by atoms with Gasteiger partial charge in [0.25, 0.3) is 0 Å². The van der Waals surface area contributed by atoms with Crippen molar-refractivity contribution in [2.45, 2.75) is 50.8 Å². The molecular formula is C27H35ClN4O4. The number of amides is 1. The predicted molar refractivity (Wildman–Crippen MR) is 140 cm³/mol. The number of aliphatic hydroxyl groups excluding tert-OH is 1. The summed E-state index contributed by atoms with van der Waals surface area (Å²) in [4.78, 5) is 22.1. The quantitative estimate of drug-likeness (QED) is 0.647. The van der Waals surface area contributed by atoms with E-state index in [1.165, 1.54) is 0 Å². The number of rotatable bonds is 4. The topological polar surface area (TPSA) is 87.2 Å². The average molecular weight is 515 g/mol. The first-order chi connectivity index (χ1) is 17.3. The van der Waals surface area contributed by atoms with Crippen molar-refractivity contribution in [2.24, 2.45) is 11.3 Å². The van der Waals surface area contributed by atoms with Crippen LogP contribution in [-0.2, 0) is 14.3 Å². The molecule has 1 saturated carbocycles. The van der Waals surface area contributed by atoms with Gasteiger partial charge in [-0.1, -0.05) is 11.6 Å². The lowest BCUT2D eigenvalue weighted by atomic mass is 9.93. The number of fused-ring (bicyclic) bond motifs is 1. The first-order valence-electron chi connectivity index (χ1n) is 13.0. The van der Waals surface area contributed by atoms with Gasteiger partial charge in [0.05, 0.1) is 35.6 Å². The van der Waals surface area contributed by atoms with E-state index in [4.69, 9.17) is 21.1 Å². The molecule has 36 heavy (non-hydrogen) atoms. The number of hydrogen-bond acceptors (Lipinski definition) is 7. The minimum atomic E-state index is -0.474. The van der Waals surface area contributed by atoms with Crippen LogP contribution in [0, 0.1) is 11.3 Å². The number of nitrogens with zero attached hydrogens (tertiary/aromatic N) is 3. The Bertz CT molecular complexity index is 1170. The van der Waals surface area contributed by atoms with Crippen molar-refractivity contribution >= 4 is 39.8 Å². The third-order valence-corrected chi connectivity index (χ3v) is 9.38. The number of carbonyl (C=O) groups is 1. The summed E-state index contributed by atoms with van der Waals surface area (Å²) in [5, 5.41) is 16.2. The number of ether oxygens (including phenoxy) is 2. The van der Waals surface area contributed by atoms with Crippen LogP contribution in [0.1, 0.15) is 33.1 Å². The standard InChI is InChI=1S/C27H35ClN4O4/c1-17-14-31(26(2)16-36-15-23(26)33)5-6-32(17)22-10-18-11-24(29-13-19(18)9-21(22)28)30-25(34)20-12-27(20)3-7-35-8-4-27/h9-11,13,17,20,23,33H,3-8,12,14-16H2,1-2H3,(H,29,30,34)/t17-,20+,23-,26+/m0/s1. The van der Waals surface area contributed by atoms with Crippen LogP contribution in [-0.4, -0.2) is 84.6 Å². The summed E-state index contributed by atoms with van der Waals surface area (Å²) in [5.41, 5.74) is 0.768. The van der Waals surface area contributed by atoms with Gasteiger partial charge < -0.3 is 24.8 Å². The van der Waals surface area contributed by atoms with Gasteiger partial charge in [-0.3, -0.25) is 9.69 Å². The Balaban J connectivity index is 1.18. The van der Waals surface area contributed by atoms with Crippen molar-refractivity contribution in [1.29, 1.82) is 0 Å². The molecule has 1 amide bonds. The number of anilines is 2. The van der Waals surface area contributed by atoms with Crippen LogP contribution in [0.25, 0.3) is 10.8 Å². The van der Waals surface area contributed by atoms with E-state index in [0.29, 0.717) is 24.1 Å². The normalized spacial score (nSPS) is 32.2. The molecule has 6 rings (SSSR count). The number of piperazine rings is 1. The average Bonchev–Trinajstić information content (AvgIpc) is 3.44. The molecular weight excluding hydrogens is 480 g/mol. The van der Waals surface area contributed by atoms with Crippen LogP contribution in [0.4, 0.5) is 11.5 Å². The second-order valence-corrected chi connectivity index (χ2v) is 11.7. The summed E-state index contributed by atoms with van der Waals surface area (Å²) in [7, 11) is 0. The van der Waals surface area contributed by atoms with Crippen molar-refractivity contribution in [3.8, 4) is 0 Å². The van der Waals surface area contributed by atoms with Crippen LogP contribution >= 0.6 is 11.6 Å². The lowest BCUT2D eigenvalue weighted by Gasteiger charge is -2.48. The Kier molecular flexibility index (Phi) is 6.16. The van der Waals surface area contributed by atoms with Crippen molar-refractivity contribution in [1.82, 2.24) is 9.88 Å². The largest absolute Gasteiger partial charge is 0.389 e. The highest BCUT2D eigenvalue weighted by atomic mass is 35.5. The summed E-state index contributed by atoms with van der Waals surface area (Å²) < 4.78 is 11.0. The van der Waals surface area contributed by atoms with Gasteiger partial charge >= 0.3 is 0 Å². The second-order valence-electron chi connectivity index (χ2n) is 11.3. The van der Waals surface area contributed by atoms with E-state index in [2.05, 4.69) is 40.0 Å². The number of aliphatic hydroxyl groups is 1. The SMILES string of the molecule is C[C@H]1CN([C@]2(C)COC[C@@H]2O)CCN1c1cc2cc(NC(=O)[C@H]3CC34CCOCC4)ncc2cc1Cl. The maximum absolute atomic E-state index is 12.9. The van der Waals surface area contributed by atoms with Crippen LogP contribution < -0.4 is 10.2 Å². The minimum absolute atomic E-state index is 0.0578. The monoisotopic (exact) mass is 514 g/mol. The van der Waals surface area contributed by atoms with Crippen LogP contribution in [0.2, 0.25) is 5.02 Å². The molecule has 4 fully saturated rings. The highest BCUT2D eigenvalue weighted by Crippen LogP contribution is 2.59. The Morgan fingerprint density at radius 1 is 1.19 bits per heavy atom. The van der Waals surface area contributed by atoms with Crippen molar-refractivity contribution < 1.29 is 19.4 Å². The van der Waals surface area contributed by atoms with Crippen molar-refractivity contribution in [2.75, 3.05) is 56.3 Å². The van der Waals surface area contributed by atoms with Gasteiger partial charge in [0.1, 0.15) is 5.82 Å². The van der Waals surface area contributed by atoms with Crippen LogP contribution in [0.3, 0.4) is 0 Å². The lowest BCUT2D eigenvalue weighted by molar-refractivity contribution is -0.118. The van der Waals surface area contributed by atoms with E-state index in [9.17, 15) is 9.90 Å². The molecule has 0 bridgehead atoms. The third-order valence-electron chi connectivity index (χ3n) is 9.08. The Morgan fingerprint density at radius 2 is 2.00 bits per heavy atom. The Labute approximate surface area is 216 Å². The van der Waals surface area contributed by atoms with Crippen molar-refractivity contribution in [3.05, 3.63) is 29.4 Å². The molecule has 4 heterocycles. The van der Waals surface area contributed by atoms with Crippen LogP contribution in [0.5, 0.6) is 0 Å². The van der Waals surface area contributed by atoms with E-state index in [1.54, 1.807) is 6.20 Å². The lowest BCUT2D eigenvalue weighted by Crippen LogP contribution is -2.63. The number of nitrogens with one attached hydrogen (secondary N) is 1. The molecule has 1 spiro atoms. The molecule has 4 atom stereocenters. The summed E-state index contributed by atoms with van der Waals surface area (Å²) in [6.45, 7) is 9.17. The number of aromatic nitrogens is 1. The maximum Gasteiger partial charge on any atom is 0.229 e. The Hall–Kier alpha value is -1.97. The molecule has 9 heteroatoms. The van der Waals surface area contributed by atoms with Gasteiger partial charge in [-0.25, -0.2) is 4.98 Å². The number of hydrogen-bond donors (Lipinski definition) is 2. The first-order valence-corrected chi connectivity index (χ1v) is 13.4. The van der Waals surface area contributed by atoms with E-state index >= 15 is 0 Å². The highest BCUT2D eigenvalue weighted by Gasteiger charge is 2.58. The molecule has 3 saturated heterocycles. The first kappa shape index (κ1) is 24.4. The number of pyridine rings is 1. The highest BCUT2D eigenvalue weighted by molar-refractivity contribution is 6.34.